The first kappa shape index (κ1) is 25.2. The highest BCUT2D eigenvalue weighted by Gasteiger charge is 2.30. The number of nitrogens with zero attached hydrogens (tertiary/aromatic N) is 2. The zero-order valence-electron chi connectivity index (χ0n) is 16.5. The Balaban J connectivity index is 0.000000452. The summed E-state index contributed by atoms with van der Waals surface area (Å²) in [5.41, 5.74) is 3.22. The minimum absolute atomic E-state index is 0.322. The molecule has 3 N–H and O–H groups in total. The molecule has 2 heterocycles. The van der Waals surface area contributed by atoms with Crippen molar-refractivity contribution in [2.75, 3.05) is 41.0 Å². The van der Waals surface area contributed by atoms with E-state index in [1.165, 1.54) is 11.1 Å². The van der Waals surface area contributed by atoms with Crippen molar-refractivity contribution in [3.63, 3.8) is 0 Å². The van der Waals surface area contributed by atoms with E-state index in [2.05, 4.69) is 22.2 Å². The number of benzene rings is 1. The van der Waals surface area contributed by atoms with Crippen molar-refractivity contribution in [3.8, 4) is 5.75 Å². The number of likely N-dealkylation sites (N-methyl/N-ethyl adjacent to an activating group) is 2. The standard InChI is InChI=1S/C15H17Cl2N3O.2C2H4O2/c1-18-6-11-9-5-19-15-8(10(9)7-20(11)2)4-12(21-3)13(16)14(15)17;2*3-1-2-4/h4-5,11,18H,6-7H2,1-3H3;2*1,4H,2H2/t11-;;/m0../s1. The van der Waals surface area contributed by atoms with E-state index in [1.54, 1.807) is 7.11 Å². The SMILES string of the molecule is CNC[C@H]1c2cnc3c(Cl)c(Cl)c(OC)cc3c2CN1C.O=CCO.O=CCO. The number of fused-ring (bicyclic) bond motifs is 3. The summed E-state index contributed by atoms with van der Waals surface area (Å²) in [7, 11) is 5.67. The van der Waals surface area contributed by atoms with Crippen LogP contribution in [0.4, 0.5) is 0 Å². The largest absolute Gasteiger partial charge is 0.495 e. The van der Waals surface area contributed by atoms with Crippen LogP contribution >= 0.6 is 23.2 Å². The summed E-state index contributed by atoms with van der Waals surface area (Å²) in [6, 6.07) is 2.26. The van der Waals surface area contributed by atoms with Gasteiger partial charge in [0.1, 0.15) is 23.3 Å². The molecule has 1 aromatic carbocycles. The van der Waals surface area contributed by atoms with Crippen LogP contribution < -0.4 is 10.1 Å². The average Bonchev–Trinajstić information content (AvgIpc) is 3.06. The second-order valence-corrected chi connectivity index (χ2v) is 6.74. The predicted molar refractivity (Wildman–Crippen MR) is 113 cm³/mol. The lowest BCUT2D eigenvalue weighted by Gasteiger charge is -2.19. The summed E-state index contributed by atoms with van der Waals surface area (Å²) in [6.07, 6.45) is 2.78. The summed E-state index contributed by atoms with van der Waals surface area (Å²) in [5.74, 6) is 0.587. The molecule has 0 spiro atoms. The quantitative estimate of drug-likeness (QED) is 0.594. The Morgan fingerprint density at radius 1 is 1.28 bits per heavy atom. The fraction of sp³-hybridized carbons (Fsp3) is 0.421. The van der Waals surface area contributed by atoms with Gasteiger partial charge in [-0.25, -0.2) is 0 Å². The van der Waals surface area contributed by atoms with Crippen LogP contribution in [0.25, 0.3) is 10.9 Å². The van der Waals surface area contributed by atoms with Crippen molar-refractivity contribution in [3.05, 3.63) is 33.4 Å². The third kappa shape index (κ3) is 6.08. The summed E-state index contributed by atoms with van der Waals surface area (Å²) in [4.78, 5) is 24.7. The number of aliphatic hydroxyl groups excluding tert-OH is 2. The van der Waals surface area contributed by atoms with Gasteiger partial charge in [-0.1, -0.05) is 23.2 Å². The van der Waals surface area contributed by atoms with Gasteiger partial charge in [-0.2, -0.15) is 0 Å². The van der Waals surface area contributed by atoms with Crippen LogP contribution in [0.15, 0.2) is 12.3 Å². The lowest BCUT2D eigenvalue weighted by atomic mass is 10.0. The third-order valence-corrected chi connectivity index (χ3v) is 5.06. The van der Waals surface area contributed by atoms with Crippen molar-refractivity contribution in [2.45, 2.75) is 12.6 Å². The van der Waals surface area contributed by atoms with E-state index in [0.29, 0.717) is 34.4 Å². The number of ether oxygens (including phenoxy) is 1. The molecule has 1 aliphatic heterocycles. The molecule has 0 saturated carbocycles. The highest BCUT2D eigenvalue weighted by Crippen LogP contribution is 2.42. The number of hydrogen-bond donors (Lipinski definition) is 3. The molecule has 3 rings (SSSR count). The second-order valence-electron chi connectivity index (χ2n) is 5.98. The number of halogens is 2. The van der Waals surface area contributed by atoms with Gasteiger partial charge >= 0.3 is 0 Å². The van der Waals surface area contributed by atoms with Crippen molar-refractivity contribution < 1.29 is 24.5 Å². The maximum Gasteiger partial charge on any atom is 0.145 e. The molecule has 10 heteroatoms. The first-order chi connectivity index (χ1) is 13.9. The zero-order chi connectivity index (χ0) is 22.0. The predicted octanol–water partition coefficient (Wildman–Crippen LogP) is 1.61. The molecule has 1 atom stereocenters. The smallest absolute Gasteiger partial charge is 0.145 e. The van der Waals surface area contributed by atoms with Gasteiger partial charge in [0, 0.05) is 30.7 Å². The molecule has 1 aliphatic rings. The molecule has 160 valence electrons. The Bertz CT molecular complexity index is 827. The lowest BCUT2D eigenvalue weighted by Crippen LogP contribution is -2.26. The Labute approximate surface area is 179 Å². The molecule has 8 nitrogen and oxygen atoms in total. The summed E-state index contributed by atoms with van der Waals surface area (Å²) < 4.78 is 5.32. The van der Waals surface area contributed by atoms with Gasteiger partial charge < -0.3 is 29.9 Å². The van der Waals surface area contributed by atoms with E-state index in [0.717, 1.165) is 24.0 Å². The number of aromatic nitrogens is 1. The van der Waals surface area contributed by atoms with Crippen molar-refractivity contribution >= 4 is 46.7 Å². The van der Waals surface area contributed by atoms with Gasteiger partial charge in [-0.3, -0.25) is 9.88 Å². The number of aldehydes is 2. The van der Waals surface area contributed by atoms with Crippen LogP contribution in [-0.2, 0) is 16.1 Å². The number of methoxy groups -OCH3 is 1. The number of carbonyl (C=O) groups is 2. The first-order valence-electron chi connectivity index (χ1n) is 8.68. The molecular weight excluding hydrogens is 421 g/mol. The topological polar surface area (TPSA) is 112 Å². The minimum atomic E-state index is -0.361. The van der Waals surface area contributed by atoms with Gasteiger partial charge in [0.25, 0.3) is 0 Å². The number of pyridine rings is 1. The van der Waals surface area contributed by atoms with E-state index in [9.17, 15) is 0 Å². The van der Waals surface area contributed by atoms with Gasteiger partial charge in [-0.05, 0) is 31.3 Å². The molecule has 0 saturated heterocycles. The Morgan fingerprint density at radius 3 is 2.34 bits per heavy atom. The number of carbonyl (C=O) groups excluding carboxylic acids is 2. The fourth-order valence-corrected chi connectivity index (χ4v) is 3.45. The van der Waals surface area contributed by atoms with E-state index in [4.69, 9.17) is 47.7 Å². The summed E-state index contributed by atoms with van der Waals surface area (Å²) in [6.45, 7) is 1.02. The number of hydrogen-bond acceptors (Lipinski definition) is 8. The molecular formula is C19H25Cl2N3O5. The van der Waals surface area contributed by atoms with Crippen molar-refractivity contribution in [1.29, 1.82) is 0 Å². The molecule has 0 fully saturated rings. The molecule has 0 radical (unpaired) electrons. The Morgan fingerprint density at radius 2 is 1.86 bits per heavy atom. The molecule has 0 aliphatic carbocycles. The van der Waals surface area contributed by atoms with Crippen LogP contribution in [0.2, 0.25) is 10.0 Å². The highest BCUT2D eigenvalue weighted by atomic mass is 35.5. The van der Waals surface area contributed by atoms with Gasteiger partial charge in [0.05, 0.1) is 30.9 Å². The molecule has 0 bridgehead atoms. The lowest BCUT2D eigenvalue weighted by molar-refractivity contribution is -0.110. The fourth-order valence-electron chi connectivity index (χ4n) is 2.99. The zero-order valence-corrected chi connectivity index (χ0v) is 18.0. The minimum Gasteiger partial charge on any atom is -0.495 e. The highest BCUT2D eigenvalue weighted by molar-refractivity contribution is 6.46. The number of aliphatic hydroxyl groups is 2. The number of nitrogens with one attached hydrogen (secondary N) is 1. The van der Waals surface area contributed by atoms with E-state index in [1.807, 2.05) is 19.3 Å². The molecule has 29 heavy (non-hydrogen) atoms. The maximum atomic E-state index is 8.92. The second kappa shape index (κ2) is 12.7. The monoisotopic (exact) mass is 445 g/mol. The molecule has 1 aromatic heterocycles. The Hall–Kier alpha value is -1.81. The van der Waals surface area contributed by atoms with Crippen molar-refractivity contribution in [1.82, 2.24) is 15.2 Å². The Kier molecular flexibility index (Phi) is 11.0. The normalized spacial score (nSPS) is 14.9. The first-order valence-corrected chi connectivity index (χ1v) is 9.44. The van der Waals surface area contributed by atoms with Crippen LogP contribution in [0, 0.1) is 0 Å². The van der Waals surface area contributed by atoms with Crippen LogP contribution in [0.5, 0.6) is 5.75 Å². The third-order valence-electron chi connectivity index (χ3n) is 4.22. The molecule has 2 aromatic rings. The number of rotatable bonds is 5. The van der Waals surface area contributed by atoms with Gasteiger partial charge in [0.15, 0.2) is 0 Å². The van der Waals surface area contributed by atoms with Crippen LogP contribution in [0.3, 0.4) is 0 Å². The van der Waals surface area contributed by atoms with Gasteiger partial charge in [-0.15, -0.1) is 0 Å². The van der Waals surface area contributed by atoms with Gasteiger partial charge in [0.2, 0.25) is 0 Å². The van der Waals surface area contributed by atoms with Crippen molar-refractivity contribution in [2.24, 2.45) is 0 Å². The maximum absolute atomic E-state index is 8.92. The van der Waals surface area contributed by atoms with E-state index < -0.39 is 0 Å². The average molecular weight is 446 g/mol. The summed E-state index contributed by atoms with van der Waals surface area (Å²) >= 11 is 12.6. The van der Waals surface area contributed by atoms with E-state index >= 15 is 0 Å². The van der Waals surface area contributed by atoms with Crippen LogP contribution in [0.1, 0.15) is 17.2 Å². The summed E-state index contributed by atoms with van der Waals surface area (Å²) in [5, 5.41) is 20.1. The molecule has 0 unspecified atom stereocenters. The van der Waals surface area contributed by atoms with E-state index in [-0.39, 0.29) is 13.2 Å². The molecule has 0 amide bonds. The van der Waals surface area contributed by atoms with Crippen LogP contribution in [-0.4, -0.2) is 73.6 Å².